The summed E-state index contributed by atoms with van der Waals surface area (Å²) >= 11 is 6.69. The predicted octanol–water partition coefficient (Wildman–Crippen LogP) is 4.91. The number of alkyl halides is 1. The highest BCUT2D eigenvalue weighted by Gasteiger charge is 2.55. The van der Waals surface area contributed by atoms with Crippen molar-refractivity contribution in [3.63, 3.8) is 0 Å². The summed E-state index contributed by atoms with van der Waals surface area (Å²) in [4.78, 5) is 26.6. The average Bonchev–Trinajstić information content (AvgIpc) is 3.58. The monoisotopic (exact) mass is 537 g/mol. The first-order valence-corrected chi connectivity index (χ1v) is 13.8. The van der Waals surface area contributed by atoms with Gasteiger partial charge in [0.25, 0.3) is 0 Å². The first kappa shape index (κ1) is 25.5. The number of anilines is 2. The molecule has 0 bridgehead atoms. The number of amides is 1. The third-order valence-corrected chi connectivity index (χ3v) is 8.99. The van der Waals surface area contributed by atoms with E-state index in [9.17, 15) is 9.18 Å². The molecule has 2 aliphatic heterocycles. The number of hydrogen-bond acceptors (Lipinski definition) is 6. The summed E-state index contributed by atoms with van der Waals surface area (Å²) in [5, 5.41) is 5.57. The molecule has 1 amide bonds. The Labute approximate surface area is 227 Å². The van der Waals surface area contributed by atoms with E-state index < -0.39 is 11.7 Å². The molecule has 1 aromatic carbocycles. The van der Waals surface area contributed by atoms with Gasteiger partial charge in [-0.25, -0.2) is 9.37 Å². The standard InChI is InChI=1S/C29H33ClFN5O2/c1-3-20-26(22-6-4-5-7-32-22)27(20)28(37)34-25-14-18-13-23(21(30)12-19(18)15-33-25)35-8-10-36(11-9-35)29(2)17-38-16-24(29)31/h4-7,12-15,20,24,26-27H,3,8-11,16-17H2,1-2H3,(H,33,34,37)/t20-,24-,26+,27-,29-/m1/s1. The van der Waals surface area contributed by atoms with Crippen LogP contribution in [0.1, 0.15) is 31.9 Å². The van der Waals surface area contributed by atoms with E-state index in [4.69, 9.17) is 16.3 Å². The highest BCUT2D eigenvalue weighted by Crippen LogP contribution is 2.55. The van der Waals surface area contributed by atoms with Crippen molar-refractivity contribution in [3.8, 4) is 0 Å². The van der Waals surface area contributed by atoms with Crippen molar-refractivity contribution in [2.24, 2.45) is 11.8 Å². The first-order valence-electron chi connectivity index (χ1n) is 13.4. The predicted molar refractivity (Wildman–Crippen MR) is 148 cm³/mol. The van der Waals surface area contributed by atoms with Crippen LogP contribution in [-0.2, 0) is 9.53 Å². The van der Waals surface area contributed by atoms with Gasteiger partial charge in [-0.1, -0.05) is 31.0 Å². The molecular formula is C29H33ClFN5O2. The van der Waals surface area contributed by atoms with Crippen LogP contribution >= 0.6 is 11.6 Å². The van der Waals surface area contributed by atoms with Crippen molar-refractivity contribution in [1.29, 1.82) is 0 Å². The Morgan fingerprint density at radius 2 is 2.00 bits per heavy atom. The molecule has 1 N–H and O–H groups in total. The number of pyridine rings is 2. The number of piperazine rings is 1. The van der Waals surface area contributed by atoms with Crippen molar-refractivity contribution in [1.82, 2.24) is 14.9 Å². The van der Waals surface area contributed by atoms with E-state index >= 15 is 0 Å². The third-order valence-electron chi connectivity index (χ3n) is 8.69. The minimum absolute atomic E-state index is 0.0137. The molecule has 0 spiro atoms. The summed E-state index contributed by atoms with van der Waals surface area (Å²) in [5.41, 5.74) is 1.35. The summed E-state index contributed by atoms with van der Waals surface area (Å²) < 4.78 is 19.9. The van der Waals surface area contributed by atoms with Gasteiger partial charge < -0.3 is 15.0 Å². The van der Waals surface area contributed by atoms with Gasteiger partial charge in [-0.05, 0) is 48.6 Å². The minimum Gasteiger partial charge on any atom is -0.376 e. The molecule has 38 heavy (non-hydrogen) atoms. The maximum Gasteiger partial charge on any atom is 0.229 e. The van der Waals surface area contributed by atoms with Gasteiger partial charge in [0, 0.05) is 55.6 Å². The van der Waals surface area contributed by atoms with Gasteiger partial charge in [-0.15, -0.1) is 0 Å². The number of fused-ring (bicyclic) bond motifs is 1. The number of carbonyl (C=O) groups is 1. The van der Waals surface area contributed by atoms with Gasteiger partial charge in [0.05, 0.1) is 35.4 Å². The number of nitrogens with one attached hydrogen (secondary N) is 1. The molecule has 4 heterocycles. The molecule has 9 heteroatoms. The number of aromatic nitrogens is 2. The van der Waals surface area contributed by atoms with Crippen LogP contribution in [-0.4, -0.2) is 71.9 Å². The van der Waals surface area contributed by atoms with Gasteiger partial charge in [-0.3, -0.25) is 14.7 Å². The highest BCUT2D eigenvalue weighted by atomic mass is 35.5. The number of hydrogen-bond donors (Lipinski definition) is 1. The summed E-state index contributed by atoms with van der Waals surface area (Å²) in [5.74, 6) is 0.864. The van der Waals surface area contributed by atoms with Crippen LogP contribution in [0.5, 0.6) is 0 Å². The van der Waals surface area contributed by atoms with Crippen molar-refractivity contribution in [2.75, 3.05) is 49.6 Å². The van der Waals surface area contributed by atoms with E-state index in [1.807, 2.05) is 37.3 Å². The Kier molecular flexibility index (Phi) is 6.74. The largest absolute Gasteiger partial charge is 0.376 e. The molecule has 0 radical (unpaired) electrons. The number of carbonyl (C=O) groups excluding carboxylic acids is 1. The zero-order valence-corrected chi connectivity index (χ0v) is 22.5. The fourth-order valence-electron chi connectivity index (χ4n) is 6.28. The van der Waals surface area contributed by atoms with Crippen LogP contribution in [0.25, 0.3) is 10.8 Å². The zero-order chi connectivity index (χ0) is 26.4. The van der Waals surface area contributed by atoms with Gasteiger partial charge in [0.2, 0.25) is 5.91 Å². The summed E-state index contributed by atoms with van der Waals surface area (Å²) in [7, 11) is 0. The van der Waals surface area contributed by atoms with Gasteiger partial charge in [0.1, 0.15) is 12.0 Å². The lowest BCUT2D eigenvalue weighted by Gasteiger charge is -2.44. The van der Waals surface area contributed by atoms with Crippen LogP contribution < -0.4 is 10.2 Å². The smallest absolute Gasteiger partial charge is 0.229 e. The molecule has 200 valence electrons. The Morgan fingerprint density at radius 1 is 1.18 bits per heavy atom. The van der Waals surface area contributed by atoms with Gasteiger partial charge >= 0.3 is 0 Å². The molecule has 3 aliphatic rings. The molecule has 5 atom stereocenters. The van der Waals surface area contributed by atoms with E-state index in [0.29, 0.717) is 23.4 Å². The molecule has 2 saturated heterocycles. The fraction of sp³-hybridized carbons (Fsp3) is 0.483. The van der Waals surface area contributed by atoms with E-state index in [2.05, 4.69) is 38.1 Å². The van der Waals surface area contributed by atoms with Crippen LogP contribution in [0.15, 0.2) is 48.8 Å². The molecule has 6 rings (SSSR count). The first-order chi connectivity index (χ1) is 18.4. The van der Waals surface area contributed by atoms with Crippen LogP contribution in [0.2, 0.25) is 5.02 Å². The van der Waals surface area contributed by atoms with Crippen molar-refractivity contribution in [2.45, 2.75) is 37.9 Å². The second kappa shape index (κ2) is 10.1. The van der Waals surface area contributed by atoms with Crippen molar-refractivity contribution >= 4 is 39.8 Å². The van der Waals surface area contributed by atoms with Crippen molar-refractivity contribution in [3.05, 3.63) is 59.5 Å². The number of ether oxygens (including phenoxy) is 1. The molecular weight excluding hydrogens is 505 g/mol. The molecule has 2 aromatic heterocycles. The van der Waals surface area contributed by atoms with Crippen LogP contribution in [0, 0.1) is 11.8 Å². The number of rotatable bonds is 6. The Bertz CT molecular complexity index is 1340. The lowest BCUT2D eigenvalue weighted by atomic mass is 9.96. The second-order valence-electron chi connectivity index (χ2n) is 10.9. The van der Waals surface area contributed by atoms with E-state index in [0.717, 1.165) is 54.8 Å². The van der Waals surface area contributed by atoms with Gasteiger partial charge in [0.15, 0.2) is 0 Å². The van der Waals surface area contributed by atoms with Crippen LogP contribution in [0.4, 0.5) is 15.9 Å². The number of halogens is 2. The second-order valence-corrected chi connectivity index (χ2v) is 11.3. The molecule has 0 unspecified atom stereocenters. The fourth-order valence-corrected chi connectivity index (χ4v) is 6.57. The summed E-state index contributed by atoms with van der Waals surface area (Å²) in [6.07, 6.45) is 3.49. The molecule has 1 saturated carbocycles. The number of benzene rings is 1. The van der Waals surface area contributed by atoms with Gasteiger partial charge in [-0.2, -0.15) is 0 Å². The molecule has 3 fully saturated rings. The Hall–Kier alpha value is -2.81. The molecule has 7 nitrogen and oxygen atoms in total. The highest BCUT2D eigenvalue weighted by molar-refractivity contribution is 6.34. The molecule has 1 aliphatic carbocycles. The minimum atomic E-state index is -0.970. The van der Waals surface area contributed by atoms with E-state index in [-0.39, 0.29) is 24.3 Å². The normalized spacial score (nSPS) is 29.5. The van der Waals surface area contributed by atoms with Crippen LogP contribution in [0.3, 0.4) is 0 Å². The molecule has 3 aromatic rings. The summed E-state index contributed by atoms with van der Waals surface area (Å²) in [6, 6.07) is 11.8. The summed E-state index contributed by atoms with van der Waals surface area (Å²) in [6.45, 7) is 7.64. The maximum atomic E-state index is 14.5. The lowest BCUT2D eigenvalue weighted by Crippen LogP contribution is -2.59. The zero-order valence-electron chi connectivity index (χ0n) is 21.7. The van der Waals surface area contributed by atoms with E-state index in [1.54, 1.807) is 12.4 Å². The maximum absolute atomic E-state index is 14.5. The average molecular weight is 538 g/mol. The Balaban J connectivity index is 1.16. The van der Waals surface area contributed by atoms with Crippen molar-refractivity contribution < 1.29 is 13.9 Å². The third kappa shape index (κ3) is 4.52. The topological polar surface area (TPSA) is 70.6 Å². The lowest BCUT2D eigenvalue weighted by molar-refractivity contribution is -0.117. The SMILES string of the molecule is CC[C@H]1[C@@H](C(=O)Nc2cc3cc(N4CCN([C@]5(C)COC[C@H]5F)CC4)c(Cl)cc3cn2)[C@@H]1c1ccccn1. The van der Waals surface area contributed by atoms with E-state index in [1.165, 1.54) is 0 Å². The quantitative estimate of drug-likeness (QED) is 0.482. The number of nitrogens with zero attached hydrogens (tertiary/aromatic N) is 4. The Morgan fingerprint density at radius 3 is 2.68 bits per heavy atom.